The lowest BCUT2D eigenvalue weighted by Crippen LogP contribution is -2.39. The van der Waals surface area contributed by atoms with E-state index in [1.54, 1.807) is 0 Å². The van der Waals surface area contributed by atoms with Gasteiger partial charge in [0.1, 0.15) is 0 Å². The topological polar surface area (TPSA) is 23.6 Å². The summed E-state index contributed by atoms with van der Waals surface area (Å²) in [4.78, 5) is 19.5. The zero-order chi connectivity index (χ0) is 22.5. The van der Waals surface area contributed by atoms with E-state index >= 15 is 0 Å². The number of thiophene rings is 1. The molecule has 168 valence electrons. The molecule has 1 amide bonds. The molecule has 2 heterocycles. The summed E-state index contributed by atoms with van der Waals surface area (Å²) in [7, 11) is 0. The molecule has 4 heteroatoms. The van der Waals surface area contributed by atoms with Crippen molar-refractivity contribution in [2.24, 2.45) is 11.8 Å². The van der Waals surface area contributed by atoms with Crippen LogP contribution in [-0.4, -0.2) is 41.9 Å². The van der Waals surface area contributed by atoms with E-state index in [-0.39, 0.29) is 5.91 Å². The van der Waals surface area contributed by atoms with Crippen molar-refractivity contribution < 1.29 is 4.79 Å². The highest BCUT2D eigenvalue weighted by atomic mass is 32.1. The number of amides is 1. The van der Waals surface area contributed by atoms with Crippen LogP contribution in [0.1, 0.15) is 46.1 Å². The fraction of sp³-hybridized carbons (Fsp3) is 0.393. The van der Waals surface area contributed by atoms with Crippen LogP contribution in [0.15, 0.2) is 72.1 Å². The Labute approximate surface area is 196 Å². The van der Waals surface area contributed by atoms with Crippen molar-refractivity contribution >= 4 is 17.2 Å². The molecule has 3 nitrogen and oxygen atoms in total. The summed E-state index contributed by atoms with van der Waals surface area (Å²) in [6, 6.07) is 22.9. The highest BCUT2D eigenvalue weighted by Crippen LogP contribution is 2.36. The Bertz CT molecular complexity index is 999. The Balaban J connectivity index is 1.59. The van der Waals surface area contributed by atoms with E-state index in [0.29, 0.717) is 17.8 Å². The number of nitrogens with zero attached hydrogens (tertiary/aromatic N) is 2. The van der Waals surface area contributed by atoms with Crippen LogP contribution < -0.4 is 0 Å². The highest BCUT2D eigenvalue weighted by Gasteiger charge is 2.36. The normalized spacial score (nSPS) is 18.9. The van der Waals surface area contributed by atoms with Crippen LogP contribution in [0.25, 0.3) is 0 Å². The van der Waals surface area contributed by atoms with Crippen molar-refractivity contribution in [2.75, 3.05) is 26.2 Å². The minimum absolute atomic E-state index is 0.152. The third-order valence-electron chi connectivity index (χ3n) is 6.41. The summed E-state index contributed by atoms with van der Waals surface area (Å²) in [5.41, 5.74) is 3.57. The summed E-state index contributed by atoms with van der Waals surface area (Å²) in [5, 5.41) is 2.16. The second kappa shape index (κ2) is 10.5. The molecule has 0 radical (unpaired) electrons. The van der Waals surface area contributed by atoms with Gasteiger partial charge in [-0.2, -0.15) is 0 Å². The lowest BCUT2D eigenvalue weighted by atomic mass is 9.86. The van der Waals surface area contributed by atoms with Crippen LogP contribution in [0.4, 0.5) is 0 Å². The summed E-state index contributed by atoms with van der Waals surface area (Å²) in [6.07, 6.45) is 0. The fourth-order valence-electron chi connectivity index (χ4n) is 4.98. The Morgan fingerprint density at radius 3 is 2.47 bits per heavy atom. The molecule has 0 N–H and O–H groups in total. The largest absolute Gasteiger partial charge is 0.338 e. The van der Waals surface area contributed by atoms with E-state index in [9.17, 15) is 4.79 Å². The first-order valence-corrected chi connectivity index (χ1v) is 12.5. The first-order chi connectivity index (χ1) is 15.5. The number of carbonyl (C=O) groups is 1. The molecule has 0 bridgehead atoms. The summed E-state index contributed by atoms with van der Waals surface area (Å²) in [6.45, 7) is 11.3. The molecule has 1 aliphatic rings. The fourth-order valence-corrected chi connectivity index (χ4v) is 5.73. The van der Waals surface area contributed by atoms with Crippen molar-refractivity contribution in [2.45, 2.75) is 33.2 Å². The maximum atomic E-state index is 13.4. The first-order valence-electron chi connectivity index (χ1n) is 11.7. The molecule has 1 aliphatic heterocycles. The van der Waals surface area contributed by atoms with E-state index in [2.05, 4.69) is 72.3 Å². The van der Waals surface area contributed by atoms with E-state index in [0.717, 1.165) is 38.3 Å². The van der Waals surface area contributed by atoms with Gasteiger partial charge in [0.25, 0.3) is 5.91 Å². The number of rotatable bonds is 8. The van der Waals surface area contributed by atoms with Crippen molar-refractivity contribution in [3.05, 3.63) is 93.7 Å². The minimum atomic E-state index is 0.152. The SMILES string of the molecule is Cc1ccccc1C1CN(Cc2cccs2)CC1CN(CC(C)C)C(=O)c1ccccc1. The van der Waals surface area contributed by atoms with Gasteiger partial charge in [0, 0.05) is 49.1 Å². The molecule has 3 aromatic rings. The average Bonchev–Trinajstić information content (AvgIpc) is 3.44. The van der Waals surface area contributed by atoms with Gasteiger partial charge < -0.3 is 4.90 Å². The lowest BCUT2D eigenvalue weighted by Gasteiger charge is -2.30. The zero-order valence-corrected chi connectivity index (χ0v) is 20.2. The van der Waals surface area contributed by atoms with E-state index in [1.165, 1.54) is 16.0 Å². The minimum Gasteiger partial charge on any atom is -0.338 e. The quantitative estimate of drug-likeness (QED) is 0.419. The van der Waals surface area contributed by atoms with Crippen LogP contribution in [0, 0.1) is 18.8 Å². The van der Waals surface area contributed by atoms with Gasteiger partial charge in [-0.05, 0) is 53.5 Å². The second-order valence-corrected chi connectivity index (χ2v) is 10.5. The molecule has 1 fully saturated rings. The number of carbonyl (C=O) groups excluding carboxylic acids is 1. The van der Waals surface area contributed by atoms with Crippen LogP contribution in [-0.2, 0) is 6.54 Å². The molecule has 1 saturated heterocycles. The maximum Gasteiger partial charge on any atom is 0.253 e. The van der Waals surface area contributed by atoms with Gasteiger partial charge in [-0.25, -0.2) is 0 Å². The summed E-state index contributed by atoms with van der Waals surface area (Å²) >= 11 is 1.83. The van der Waals surface area contributed by atoms with Crippen molar-refractivity contribution in [1.29, 1.82) is 0 Å². The predicted octanol–water partition coefficient (Wildman–Crippen LogP) is 6.07. The molecular formula is C28H34N2OS. The Morgan fingerprint density at radius 1 is 1.03 bits per heavy atom. The summed E-state index contributed by atoms with van der Waals surface area (Å²) < 4.78 is 0. The van der Waals surface area contributed by atoms with Gasteiger partial charge in [-0.3, -0.25) is 9.69 Å². The van der Waals surface area contributed by atoms with Gasteiger partial charge in [0.05, 0.1) is 0 Å². The summed E-state index contributed by atoms with van der Waals surface area (Å²) in [5.74, 6) is 1.44. The first kappa shape index (κ1) is 22.8. The Hall–Kier alpha value is -2.43. The molecule has 0 spiro atoms. The van der Waals surface area contributed by atoms with E-state index < -0.39 is 0 Å². The van der Waals surface area contributed by atoms with Crippen LogP contribution in [0.2, 0.25) is 0 Å². The smallest absolute Gasteiger partial charge is 0.253 e. The molecule has 2 unspecified atom stereocenters. The highest BCUT2D eigenvalue weighted by molar-refractivity contribution is 7.09. The van der Waals surface area contributed by atoms with Gasteiger partial charge in [0.2, 0.25) is 0 Å². The number of likely N-dealkylation sites (tertiary alicyclic amines) is 1. The number of hydrogen-bond acceptors (Lipinski definition) is 3. The standard InChI is InChI=1S/C28H34N2OS/c1-21(2)16-30(28(31)23-11-5-4-6-12-23)18-24-17-29(19-25-13-9-15-32-25)20-27(24)26-14-8-7-10-22(26)3/h4-15,21,24,27H,16-20H2,1-3H3. The van der Waals surface area contributed by atoms with Gasteiger partial charge in [0.15, 0.2) is 0 Å². The number of hydrogen-bond donors (Lipinski definition) is 0. The van der Waals surface area contributed by atoms with Crippen LogP contribution >= 0.6 is 11.3 Å². The van der Waals surface area contributed by atoms with Crippen LogP contribution in [0.5, 0.6) is 0 Å². The molecular weight excluding hydrogens is 412 g/mol. The van der Waals surface area contributed by atoms with E-state index in [4.69, 9.17) is 0 Å². The van der Waals surface area contributed by atoms with Crippen molar-refractivity contribution in [3.63, 3.8) is 0 Å². The number of aryl methyl sites for hydroxylation is 1. The lowest BCUT2D eigenvalue weighted by molar-refractivity contribution is 0.0703. The van der Waals surface area contributed by atoms with Gasteiger partial charge in [-0.1, -0.05) is 62.4 Å². The molecule has 0 saturated carbocycles. The van der Waals surface area contributed by atoms with Crippen molar-refractivity contribution in [1.82, 2.24) is 9.80 Å². The Kier molecular flexibility index (Phi) is 7.44. The zero-order valence-electron chi connectivity index (χ0n) is 19.4. The predicted molar refractivity (Wildman–Crippen MR) is 134 cm³/mol. The third kappa shape index (κ3) is 5.48. The molecule has 2 atom stereocenters. The molecule has 1 aromatic heterocycles. The van der Waals surface area contributed by atoms with Crippen molar-refractivity contribution in [3.8, 4) is 0 Å². The molecule has 4 rings (SSSR count). The van der Waals surface area contributed by atoms with E-state index in [1.807, 2.05) is 41.7 Å². The number of benzene rings is 2. The monoisotopic (exact) mass is 446 g/mol. The molecule has 32 heavy (non-hydrogen) atoms. The Morgan fingerprint density at radius 2 is 1.78 bits per heavy atom. The second-order valence-electron chi connectivity index (χ2n) is 9.47. The van der Waals surface area contributed by atoms with Crippen LogP contribution in [0.3, 0.4) is 0 Å². The maximum absolute atomic E-state index is 13.4. The van der Waals surface area contributed by atoms with Gasteiger partial charge in [-0.15, -0.1) is 11.3 Å². The van der Waals surface area contributed by atoms with Gasteiger partial charge >= 0.3 is 0 Å². The molecule has 2 aromatic carbocycles. The average molecular weight is 447 g/mol. The molecule has 0 aliphatic carbocycles. The third-order valence-corrected chi connectivity index (χ3v) is 7.27.